The Labute approximate surface area is 180 Å². The summed E-state index contributed by atoms with van der Waals surface area (Å²) in [4.78, 5) is 0. The number of fused-ring (bicyclic) bond motifs is 5. The van der Waals surface area contributed by atoms with Gasteiger partial charge in [-0.3, -0.25) is 0 Å². The third-order valence-electron chi connectivity index (χ3n) is 11.0. The molecule has 0 aromatic rings. The summed E-state index contributed by atoms with van der Waals surface area (Å²) in [6, 6.07) is 0. The Morgan fingerprint density at radius 1 is 0.862 bits per heavy atom. The van der Waals surface area contributed by atoms with Crippen LogP contribution in [0.15, 0.2) is 0 Å². The van der Waals surface area contributed by atoms with Gasteiger partial charge in [-0.05, 0) is 97.7 Å². The van der Waals surface area contributed by atoms with Gasteiger partial charge >= 0.3 is 0 Å². The molecule has 29 heavy (non-hydrogen) atoms. The van der Waals surface area contributed by atoms with Gasteiger partial charge in [0.1, 0.15) is 0 Å². The summed E-state index contributed by atoms with van der Waals surface area (Å²) in [7, 11) is 0. The van der Waals surface area contributed by atoms with Gasteiger partial charge in [-0.25, -0.2) is 0 Å². The van der Waals surface area contributed by atoms with E-state index in [4.69, 9.17) is 0 Å². The molecular formula is C27H48O2. The molecule has 0 saturated heterocycles. The summed E-state index contributed by atoms with van der Waals surface area (Å²) in [5.41, 5.74) is -0.0719. The fraction of sp³-hybridized carbons (Fsp3) is 1.00. The molecule has 0 unspecified atom stereocenters. The van der Waals surface area contributed by atoms with E-state index >= 15 is 0 Å². The second-order valence-corrected chi connectivity index (χ2v) is 12.8. The zero-order chi connectivity index (χ0) is 21.0. The van der Waals surface area contributed by atoms with Gasteiger partial charge in [-0.2, -0.15) is 0 Å². The molecule has 2 heteroatoms. The average molecular weight is 405 g/mol. The van der Waals surface area contributed by atoms with Gasteiger partial charge in [-0.1, -0.05) is 53.9 Å². The van der Waals surface area contributed by atoms with Crippen LogP contribution in [0.2, 0.25) is 0 Å². The Balaban J connectivity index is 1.49. The summed E-state index contributed by atoms with van der Waals surface area (Å²) >= 11 is 0. The third-order valence-corrected chi connectivity index (χ3v) is 11.0. The van der Waals surface area contributed by atoms with Crippen LogP contribution in [0.5, 0.6) is 0 Å². The lowest BCUT2D eigenvalue weighted by atomic mass is 9.43. The monoisotopic (exact) mass is 404 g/mol. The molecule has 0 aromatic heterocycles. The smallest absolute Gasteiger partial charge is 0.0728 e. The SMILES string of the molecule is CC(C)CCC[C@@H](C)[C@H]1CC[C@H]2[C@@H]3CC[C@@]4(O)C[C@H](O)CC[C@]4(C)[C@H]3CC[C@]12C. The van der Waals surface area contributed by atoms with Gasteiger partial charge in [0, 0.05) is 6.42 Å². The van der Waals surface area contributed by atoms with Crippen LogP contribution < -0.4 is 0 Å². The Hall–Kier alpha value is -0.0800. The van der Waals surface area contributed by atoms with E-state index in [0.29, 0.717) is 17.8 Å². The van der Waals surface area contributed by atoms with Gasteiger partial charge in [0.15, 0.2) is 0 Å². The van der Waals surface area contributed by atoms with Crippen LogP contribution in [0.4, 0.5) is 0 Å². The van der Waals surface area contributed by atoms with E-state index in [1.165, 1.54) is 51.4 Å². The van der Waals surface area contributed by atoms with Crippen molar-refractivity contribution in [3.05, 3.63) is 0 Å². The van der Waals surface area contributed by atoms with E-state index < -0.39 is 5.60 Å². The number of hydrogen-bond donors (Lipinski definition) is 2. The first-order chi connectivity index (χ1) is 13.6. The molecule has 0 radical (unpaired) electrons. The van der Waals surface area contributed by atoms with E-state index in [1.807, 2.05) is 0 Å². The second-order valence-electron chi connectivity index (χ2n) is 12.8. The highest BCUT2D eigenvalue weighted by Crippen LogP contribution is 2.69. The van der Waals surface area contributed by atoms with E-state index in [0.717, 1.165) is 48.9 Å². The zero-order valence-electron chi connectivity index (χ0n) is 19.9. The number of aliphatic hydroxyl groups excluding tert-OH is 1. The van der Waals surface area contributed by atoms with Crippen molar-refractivity contribution in [2.45, 2.75) is 123 Å². The highest BCUT2D eigenvalue weighted by Gasteiger charge is 2.64. The van der Waals surface area contributed by atoms with Gasteiger partial charge < -0.3 is 10.2 Å². The predicted molar refractivity (Wildman–Crippen MR) is 121 cm³/mol. The lowest BCUT2D eigenvalue weighted by Crippen LogP contribution is -2.62. The van der Waals surface area contributed by atoms with E-state index in [-0.39, 0.29) is 11.5 Å². The van der Waals surface area contributed by atoms with Crippen LogP contribution >= 0.6 is 0 Å². The van der Waals surface area contributed by atoms with Crippen molar-refractivity contribution < 1.29 is 10.2 Å². The summed E-state index contributed by atoms with van der Waals surface area (Å²) in [5, 5.41) is 21.8. The Morgan fingerprint density at radius 2 is 1.62 bits per heavy atom. The lowest BCUT2D eigenvalue weighted by molar-refractivity contribution is -0.220. The molecule has 0 heterocycles. The van der Waals surface area contributed by atoms with E-state index in [1.54, 1.807) is 0 Å². The molecular weight excluding hydrogens is 356 g/mol. The summed E-state index contributed by atoms with van der Waals surface area (Å²) in [6.07, 6.45) is 14.1. The van der Waals surface area contributed by atoms with Crippen LogP contribution in [0.3, 0.4) is 0 Å². The van der Waals surface area contributed by atoms with E-state index in [2.05, 4.69) is 34.6 Å². The van der Waals surface area contributed by atoms with Gasteiger partial charge in [0.05, 0.1) is 11.7 Å². The molecule has 4 fully saturated rings. The maximum atomic E-state index is 11.6. The van der Waals surface area contributed by atoms with Crippen molar-refractivity contribution >= 4 is 0 Å². The fourth-order valence-electron chi connectivity index (χ4n) is 9.25. The first-order valence-corrected chi connectivity index (χ1v) is 13.0. The molecule has 2 nitrogen and oxygen atoms in total. The van der Waals surface area contributed by atoms with Gasteiger partial charge in [0.2, 0.25) is 0 Å². The second kappa shape index (κ2) is 7.80. The molecule has 2 N–H and O–H groups in total. The molecule has 168 valence electrons. The minimum absolute atomic E-state index is 0.0252. The normalized spacial score (nSPS) is 50.7. The van der Waals surface area contributed by atoms with Crippen molar-refractivity contribution in [1.82, 2.24) is 0 Å². The van der Waals surface area contributed by atoms with Crippen molar-refractivity contribution in [1.29, 1.82) is 0 Å². The molecule has 0 aliphatic heterocycles. The first-order valence-electron chi connectivity index (χ1n) is 13.0. The maximum Gasteiger partial charge on any atom is 0.0728 e. The van der Waals surface area contributed by atoms with Crippen molar-refractivity contribution in [3.8, 4) is 0 Å². The van der Waals surface area contributed by atoms with E-state index in [9.17, 15) is 10.2 Å². The molecule has 4 aliphatic rings. The number of rotatable bonds is 5. The largest absolute Gasteiger partial charge is 0.393 e. The van der Waals surface area contributed by atoms with Crippen LogP contribution in [0.1, 0.15) is 112 Å². The van der Waals surface area contributed by atoms with Crippen LogP contribution in [0.25, 0.3) is 0 Å². The molecule has 0 aromatic carbocycles. The zero-order valence-corrected chi connectivity index (χ0v) is 19.9. The van der Waals surface area contributed by atoms with Crippen LogP contribution in [-0.4, -0.2) is 21.9 Å². The molecule has 0 bridgehead atoms. The van der Waals surface area contributed by atoms with Crippen LogP contribution in [0, 0.1) is 46.3 Å². The van der Waals surface area contributed by atoms with Crippen LogP contribution in [-0.2, 0) is 0 Å². The highest BCUT2D eigenvalue weighted by molar-refractivity contribution is 5.14. The Morgan fingerprint density at radius 3 is 2.34 bits per heavy atom. The molecule has 4 rings (SSSR count). The third kappa shape index (κ3) is 3.53. The summed E-state index contributed by atoms with van der Waals surface area (Å²) in [6.45, 7) is 12.3. The average Bonchev–Trinajstić information content (AvgIpc) is 2.99. The predicted octanol–water partition coefficient (Wildman–Crippen LogP) is 6.58. The minimum atomic E-state index is -0.623. The van der Waals surface area contributed by atoms with Gasteiger partial charge in [0.25, 0.3) is 0 Å². The van der Waals surface area contributed by atoms with Crippen molar-refractivity contribution in [3.63, 3.8) is 0 Å². The fourth-order valence-corrected chi connectivity index (χ4v) is 9.25. The molecule has 0 amide bonds. The highest BCUT2D eigenvalue weighted by atomic mass is 16.3. The van der Waals surface area contributed by atoms with Gasteiger partial charge in [-0.15, -0.1) is 0 Å². The first kappa shape index (κ1) is 22.1. The quantitative estimate of drug-likeness (QED) is 0.543. The summed E-state index contributed by atoms with van der Waals surface area (Å²) in [5.74, 6) is 4.94. The summed E-state index contributed by atoms with van der Waals surface area (Å²) < 4.78 is 0. The lowest BCUT2D eigenvalue weighted by Gasteiger charge is -2.64. The molecule has 4 aliphatic carbocycles. The Bertz CT molecular complexity index is 587. The van der Waals surface area contributed by atoms with Crippen molar-refractivity contribution in [2.24, 2.45) is 46.3 Å². The Kier molecular flexibility index (Phi) is 5.95. The molecule has 0 spiro atoms. The molecule has 9 atom stereocenters. The number of hydrogen-bond acceptors (Lipinski definition) is 2. The standard InChI is InChI=1S/C27H48O2/c1-18(2)7-6-8-19(3)22-9-10-23-21-12-16-27(29)17-20(28)11-15-26(27,5)24(21)13-14-25(22,23)4/h18-24,28-29H,6-17H2,1-5H3/t19-,20-,21+,22-,23+,24+,25-,26-,27-/m1/s1. The number of aliphatic hydroxyl groups is 2. The maximum absolute atomic E-state index is 11.6. The topological polar surface area (TPSA) is 40.5 Å². The van der Waals surface area contributed by atoms with Crippen molar-refractivity contribution in [2.75, 3.05) is 0 Å². The molecule has 4 saturated carbocycles. The minimum Gasteiger partial charge on any atom is -0.393 e.